The molecule has 1 heterocycles. The maximum absolute atomic E-state index is 12.7. The summed E-state index contributed by atoms with van der Waals surface area (Å²) in [6, 6.07) is 16.3. The molecule has 0 radical (unpaired) electrons. The van der Waals surface area contributed by atoms with E-state index in [1.54, 1.807) is 13.8 Å². The molecule has 1 aliphatic heterocycles. The van der Waals surface area contributed by atoms with E-state index >= 15 is 0 Å². The van der Waals surface area contributed by atoms with Crippen LogP contribution in [0.4, 0.5) is 4.79 Å². The van der Waals surface area contributed by atoms with E-state index in [4.69, 9.17) is 14.6 Å². The molecule has 0 saturated carbocycles. The fourth-order valence-electron chi connectivity index (χ4n) is 4.82. The monoisotopic (exact) mass is 466 g/mol. The van der Waals surface area contributed by atoms with Crippen molar-refractivity contribution < 1.29 is 29.0 Å². The molecule has 0 unspecified atom stereocenters. The van der Waals surface area contributed by atoms with Gasteiger partial charge in [0.1, 0.15) is 12.7 Å². The minimum atomic E-state index is -0.994. The first kappa shape index (κ1) is 23.8. The normalized spacial score (nSPS) is 19.2. The van der Waals surface area contributed by atoms with Crippen molar-refractivity contribution in [2.45, 2.75) is 44.2 Å². The SMILES string of the molecule is CC(C)(CC(=O)O)NC(=O)[C@@H]1OCC[C@@H]1CNC(=O)OCC1c2ccccc2-c2ccccc21. The van der Waals surface area contributed by atoms with Crippen molar-refractivity contribution in [2.24, 2.45) is 5.92 Å². The van der Waals surface area contributed by atoms with E-state index in [1.165, 1.54) is 0 Å². The average molecular weight is 467 g/mol. The number of alkyl carbamates (subject to hydrolysis) is 1. The van der Waals surface area contributed by atoms with E-state index in [-0.39, 0.29) is 37.3 Å². The van der Waals surface area contributed by atoms with Crippen LogP contribution in [-0.4, -0.2) is 54.5 Å². The van der Waals surface area contributed by atoms with Gasteiger partial charge in [0.25, 0.3) is 0 Å². The number of ether oxygens (including phenoxy) is 2. The van der Waals surface area contributed by atoms with Crippen molar-refractivity contribution in [3.8, 4) is 11.1 Å². The smallest absolute Gasteiger partial charge is 0.407 e. The Labute approximate surface area is 198 Å². The zero-order valence-electron chi connectivity index (χ0n) is 19.4. The van der Waals surface area contributed by atoms with Gasteiger partial charge in [0, 0.05) is 30.5 Å². The van der Waals surface area contributed by atoms with Gasteiger partial charge in [-0.2, -0.15) is 0 Å². The van der Waals surface area contributed by atoms with Crippen LogP contribution in [0.3, 0.4) is 0 Å². The van der Waals surface area contributed by atoms with Gasteiger partial charge in [0.05, 0.1) is 6.42 Å². The van der Waals surface area contributed by atoms with Gasteiger partial charge < -0.3 is 25.2 Å². The van der Waals surface area contributed by atoms with Gasteiger partial charge in [-0.3, -0.25) is 9.59 Å². The van der Waals surface area contributed by atoms with E-state index in [0.717, 1.165) is 22.3 Å². The Kier molecular flexibility index (Phi) is 6.88. The Hall–Kier alpha value is -3.39. The molecule has 1 fully saturated rings. The van der Waals surface area contributed by atoms with Gasteiger partial charge >= 0.3 is 12.1 Å². The number of hydrogen-bond acceptors (Lipinski definition) is 5. The number of fused-ring (bicyclic) bond motifs is 3. The van der Waals surface area contributed by atoms with Crippen LogP contribution in [0.1, 0.15) is 43.7 Å². The summed E-state index contributed by atoms with van der Waals surface area (Å²) in [5.41, 5.74) is 3.70. The highest BCUT2D eigenvalue weighted by Gasteiger charge is 2.37. The van der Waals surface area contributed by atoms with E-state index in [1.807, 2.05) is 24.3 Å². The summed E-state index contributed by atoms with van der Waals surface area (Å²) >= 11 is 0. The number of benzene rings is 2. The lowest BCUT2D eigenvalue weighted by Gasteiger charge is -2.27. The number of amides is 2. The first-order valence-electron chi connectivity index (χ1n) is 11.5. The van der Waals surface area contributed by atoms with Gasteiger partial charge in [0.15, 0.2) is 0 Å². The predicted octanol–water partition coefficient (Wildman–Crippen LogP) is 3.30. The van der Waals surface area contributed by atoms with Crippen LogP contribution in [0.5, 0.6) is 0 Å². The lowest BCUT2D eigenvalue weighted by atomic mass is 9.97. The van der Waals surface area contributed by atoms with Crippen LogP contribution in [0.2, 0.25) is 0 Å². The molecule has 2 aliphatic rings. The number of aliphatic carboxylic acids is 1. The minimum Gasteiger partial charge on any atom is -0.481 e. The van der Waals surface area contributed by atoms with Gasteiger partial charge in [-0.05, 0) is 42.5 Å². The van der Waals surface area contributed by atoms with E-state index in [9.17, 15) is 14.4 Å². The number of carbonyl (C=O) groups is 3. The summed E-state index contributed by atoms with van der Waals surface area (Å²) < 4.78 is 11.1. The van der Waals surface area contributed by atoms with Gasteiger partial charge in [-0.1, -0.05) is 48.5 Å². The van der Waals surface area contributed by atoms with E-state index < -0.39 is 23.7 Å². The predicted molar refractivity (Wildman–Crippen MR) is 125 cm³/mol. The Morgan fingerprint density at radius 2 is 1.68 bits per heavy atom. The highest BCUT2D eigenvalue weighted by molar-refractivity contribution is 5.83. The van der Waals surface area contributed by atoms with Gasteiger partial charge in [-0.25, -0.2) is 4.79 Å². The largest absolute Gasteiger partial charge is 0.481 e. The second kappa shape index (κ2) is 9.85. The summed E-state index contributed by atoms with van der Waals surface area (Å²) in [6.45, 7) is 4.15. The first-order valence-corrected chi connectivity index (χ1v) is 11.5. The molecular formula is C26H30N2O6. The molecular weight excluding hydrogens is 436 g/mol. The molecule has 1 aliphatic carbocycles. The molecule has 2 amide bonds. The Morgan fingerprint density at radius 3 is 2.29 bits per heavy atom. The number of nitrogens with one attached hydrogen (secondary N) is 2. The molecule has 8 nitrogen and oxygen atoms in total. The van der Waals surface area contributed by atoms with E-state index in [0.29, 0.717) is 13.0 Å². The topological polar surface area (TPSA) is 114 Å². The summed E-state index contributed by atoms with van der Waals surface area (Å²) in [4.78, 5) is 36.1. The molecule has 2 atom stereocenters. The third-order valence-corrected chi connectivity index (χ3v) is 6.38. The van der Waals surface area contributed by atoms with Crippen LogP contribution in [0.25, 0.3) is 11.1 Å². The molecule has 8 heteroatoms. The number of carboxylic acids is 1. The van der Waals surface area contributed by atoms with Crippen LogP contribution in [0.15, 0.2) is 48.5 Å². The summed E-state index contributed by atoms with van der Waals surface area (Å²) in [7, 11) is 0. The van der Waals surface area contributed by atoms with Crippen molar-refractivity contribution in [1.29, 1.82) is 0 Å². The fourth-order valence-corrected chi connectivity index (χ4v) is 4.82. The van der Waals surface area contributed by atoms with Crippen LogP contribution >= 0.6 is 0 Å². The van der Waals surface area contributed by atoms with Crippen LogP contribution in [-0.2, 0) is 19.1 Å². The molecule has 3 N–H and O–H groups in total. The molecule has 180 valence electrons. The second-order valence-corrected chi connectivity index (χ2v) is 9.49. The Bertz CT molecular complexity index is 1040. The highest BCUT2D eigenvalue weighted by atomic mass is 16.5. The molecule has 4 rings (SSSR count). The van der Waals surface area contributed by atoms with Crippen molar-refractivity contribution in [3.05, 3.63) is 59.7 Å². The van der Waals surface area contributed by atoms with E-state index in [2.05, 4.69) is 34.9 Å². The standard InChI is InChI=1S/C26H30N2O6/c1-26(2,13-22(29)30)28-24(31)23-16(11-12-33-23)14-27-25(32)34-15-21-19-9-5-3-7-17(19)18-8-4-6-10-20(18)21/h3-10,16,21,23H,11-15H2,1-2H3,(H,27,32)(H,28,31)(H,29,30)/t16-,23-/m1/s1. The summed E-state index contributed by atoms with van der Waals surface area (Å²) in [6.07, 6.45) is -0.879. The maximum atomic E-state index is 12.7. The van der Waals surface area contributed by atoms with Crippen molar-refractivity contribution in [1.82, 2.24) is 10.6 Å². The fraction of sp³-hybridized carbons (Fsp3) is 0.423. The number of carboxylic acid groups (broad SMARTS) is 1. The quantitative estimate of drug-likeness (QED) is 0.550. The van der Waals surface area contributed by atoms with Crippen molar-refractivity contribution in [2.75, 3.05) is 19.8 Å². The van der Waals surface area contributed by atoms with Crippen molar-refractivity contribution >= 4 is 18.0 Å². The summed E-state index contributed by atoms with van der Waals surface area (Å²) in [5.74, 6) is -1.61. The third kappa shape index (κ3) is 5.22. The Balaban J connectivity index is 1.30. The molecule has 2 aromatic carbocycles. The van der Waals surface area contributed by atoms with Crippen LogP contribution < -0.4 is 10.6 Å². The van der Waals surface area contributed by atoms with Gasteiger partial charge in [-0.15, -0.1) is 0 Å². The number of rotatable bonds is 8. The molecule has 0 spiro atoms. The summed E-state index contributed by atoms with van der Waals surface area (Å²) in [5, 5.41) is 14.5. The molecule has 1 saturated heterocycles. The molecule has 34 heavy (non-hydrogen) atoms. The van der Waals surface area contributed by atoms with Crippen molar-refractivity contribution in [3.63, 3.8) is 0 Å². The number of hydrogen-bond donors (Lipinski definition) is 3. The minimum absolute atomic E-state index is 0.0250. The highest BCUT2D eigenvalue weighted by Crippen LogP contribution is 2.44. The lowest BCUT2D eigenvalue weighted by Crippen LogP contribution is -2.51. The zero-order valence-corrected chi connectivity index (χ0v) is 19.4. The lowest BCUT2D eigenvalue weighted by molar-refractivity contribution is -0.139. The average Bonchev–Trinajstić information content (AvgIpc) is 3.38. The first-order chi connectivity index (χ1) is 16.2. The molecule has 0 bridgehead atoms. The number of carbonyl (C=O) groups excluding carboxylic acids is 2. The maximum Gasteiger partial charge on any atom is 0.407 e. The van der Waals surface area contributed by atoms with Gasteiger partial charge in [0.2, 0.25) is 5.91 Å². The third-order valence-electron chi connectivity index (χ3n) is 6.38. The van der Waals surface area contributed by atoms with Crippen LogP contribution in [0, 0.1) is 5.92 Å². The second-order valence-electron chi connectivity index (χ2n) is 9.49. The molecule has 2 aromatic rings. The molecule has 0 aromatic heterocycles. The zero-order chi connectivity index (χ0) is 24.3. The Morgan fingerprint density at radius 1 is 1.06 bits per heavy atom.